The first-order valence-corrected chi connectivity index (χ1v) is 8.78. The number of amides is 1. The molecule has 0 aliphatic carbocycles. The number of fused-ring (bicyclic) bond motifs is 1. The molecule has 0 aliphatic rings. The zero-order chi connectivity index (χ0) is 20.1. The van der Waals surface area contributed by atoms with Gasteiger partial charge in [0.25, 0.3) is 5.91 Å². The molecule has 0 spiro atoms. The number of benzene rings is 2. The summed E-state index contributed by atoms with van der Waals surface area (Å²) in [5.41, 5.74) is 1.37. The second-order valence-electron chi connectivity index (χ2n) is 6.40. The third kappa shape index (κ3) is 4.75. The predicted molar refractivity (Wildman–Crippen MR) is 101 cm³/mol. The van der Waals surface area contributed by atoms with Gasteiger partial charge in [-0.3, -0.25) is 4.79 Å². The monoisotopic (exact) mass is 385 g/mol. The smallest absolute Gasteiger partial charge is 0.375 e. The lowest BCUT2D eigenvalue weighted by Gasteiger charge is -2.09. The van der Waals surface area contributed by atoms with Gasteiger partial charge in [0.05, 0.1) is 12.7 Å². The molecular formula is C21H20FNO5. The van der Waals surface area contributed by atoms with Gasteiger partial charge in [-0.05, 0) is 38.1 Å². The fraction of sp³-hybridized carbons (Fsp3) is 0.238. The SMILES string of the molecule is CC(C)OCc1c(C(=O)OCC(=O)Nc2cccc(F)c2)oc2ccccc12. The van der Waals surface area contributed by atoms with E-state index < -0.39 is 24.3 Å². The van der Waals surface area contributed by atoms with Crippen LogP contribution in [0.3, 0.4) is 0 Å². The zero-order valence-electron chi connectivity index (χ0n) is 15.5. The third-order valence-electron chi connectivity index (χ3n) is 3.89. The van der Waals surface area contributed by atoms with Gasteiger partial charge in [-0.2, -0.15) is 0 Å². The summed E-state index contributed by atoms with van der Waals surface area (Å²) in [4.78, 5) is 24.4. The highest BCUT2D eigenvalue weighted by Gasteiger charge is 2.23. The zero-order valence-corrected chi connectivity index (χ0v) is 15.5. The maximum Gasteiger partial charge on any atom is 0.375 e. The van der Waals surface area contributed by atoms with Crippen LogP contribution in [-0.4, -0.2) is 24.6 Å². The van der Waals surface area contributed by atoms with Gasteiger partial charge in [-0.25, -0.2) is 9.18 Å². The molecule has 0 bridgehead atoms. The molecule has 0 unspecified atom stereocenters. The number of carbonyl (C=O) groups excluding carboxylic acids is 2. The van der Waals surface area contributed by atoms with E-state index in [1.165, 1.54) is 24.3 Å². The van der Waals surface area contributed by atoms with E-state index >= 15 is 0 Å². The maximum atomic E-state index is 13.2. The van der Waals surface area contributed by atoms with Gasteiger partial charge < -0.3 is 19.2 Å². The third-order valence-corrected chi connectivity index (χ3v) is 3.89. The number of anilines is 1. The second-order valence-corrected chi connectivity index (χ2v) is 6.40. The number of furan rings is 1. The molecule has 28 heavy (non-hydrogen) atoms. The van der Waals surface area contributed by atoms with E-state index in [0.717, 1.165) is 5.39 Å². The van der Waals surface area contributed by atoms with E-state index in [0.29, 0.717) is 11.1 Å². The van der Waals surface area contributed by atoms with Gasteiger partial charge in [-0.1, -0.05) is 24.3 Å². The van der Waals surface area contributed by atoms with Crippen molar-refractivity contribution in [2.75, 3.05) is 11.9 Å². The van der Waals surface area contributed by atoms with Crippen LogP contribution in [0, 0.1) is 5.82 Å². The summed E-state index contributed by atoms with van der Waals surface area (Å²) >= 11 is 0. The molecular weight excluding hydrogens is 365 g/mol. The van der Waals surface area contributed by atoms with Crippen molar-refractivity contribution in [3.05, 3.63) is 65.7 Å². The van der Waals surface area contributed by atoms with Crippen molar-refractivity contribution in [3.63, 3.8) is 0 Å². The normalized spacial score (nSPS) is 11.0. The summed E-state index contributed by atoms with van der Waals surface area (Å²) in [5.74, 6) is -1.84. The van der Waals surface area contributed by atoms with E-state index in [2.05, 4.69) is 5.32 Å². The minimum Gasteiger partial charge on any atom is -0.450 e. The first kappa shape index (κ1) is 19.6. The molecule has 0 radical (unpaired) electrons. The highest BCUT2D eigenvalue weighted by Crippen LogP contribution is 2.27. The quantitative estimate of drug-likeness (QED) is 0.614. The number of hydrogen-bond acceptors (Lipinski definition) is 5. The summed E-state index contributed by atoms with van der Waals surface area (Å²) in [5, 5.41) is 3.21. The molecule has 7 heteroatoms. The minimum absolute atomic E-state index is 0.000376. The number of nitrogens with one attached hydrogen (secondary N) is 1. The number of halogens is 1. The van der Waals surface area contributed by atoms with E-state index in [-0.39, 0.29) is 24.2 Å². The maximum absolute atomic E-state index is 13.2. The Morgan fingerprint density at radius 3 is 2.68 bits per heavy atom. The molecule has 3 aromatic rings. The van der Waals surface area contributed by atoms with Crippen molar-refractivity contribution < 1.29 is 27.9 Å². The molecule has 1 N–H and O–H groups in total. The molecule has 0 atom stereocenters. The molecule has 2 aromatic carbocycles. The molecule has 146 valence electrons. The van der Waals surface area contributed by atoms with Crippen molar-refractivity contribution >= 4 is 28.5 Å². The molecule has 0 saturated heterocycles. The fourth-order valence-corrected chi connectivity index (χ4v) is 2.62. The topological polar surface area (TPSA) is 77.8 Å². The van der Waals surface area contributed by atoms with Gasteiger partial charge in [0, 0.05) is 16.6 Å². The van der Waals surface area contributed by atoms with Crippen LogP contribution in [0.4, 0.5) is 10.1 Å². The van der Waals surface area contributed by atoms with Gasteiger partial charge in [-0.15, -0.1) is 0 Å². The Kier molecular flexibility index (Phi) is 6.06. The number of esters is 1. The van der Waals surface area contributed by atoms with Crippen molar-refractivity contribution in [3.8, 4) is 0 Å². The standard InChI is InChI=1S/C21H20FNO5/c1-13(2)26-11-17-16-8-3-4-9-18(16)28-20(17)21(25)27-12-19(24)23-15-7-5-6-14(22)10-15/h3-10,13H,11-12H2,1-2H3,(H,23,24). The molecule has 0 fully saturated rings. The molecule has 3 rings (SSSR count). The number of carbonyl (C=O) groups is 2. The van der Waals surface area contributed by atoms with Gasteiger partial charge in [0.15, 0.2) is 6.61 Å². The Morgan fingerprint density at radius 1 is 1.14 bits per heavy atom. The lowest BCUT2D eigenvalue weighted by molar-refractivity contribution is -0.119. The Hall–Kier alpha value is -3.19. The van der Waals surface area contributed by atoms with Crippen LogP contribution in [-0.2, 0) is 20.9 Å². The van der Waals surface area contributed by atoms with Crippen LogP contribution in [0.2, 0.25) is 0 Å². The first-order chi connectivity index (χ1) is 13.4. The summed E-state index contributed by atoms with van der Waals surface area (Å²) in [6.45, 7) is 3.42. The Morgan fingerprint density at radius 2 is 1.93 bits per heavy atom. The van der Waals surface area contributed by atoms with Crippen molar-refractivity contribution in [2.24, 2.45) is 0 Å². The number of para-hydroxylation sites is 1. The summed E-state index contributed by atoms with van der Waals surface area (Å²) in [6.07, 6.45) is -0.0328. The predicted octanol–water partition coefficient (Wildman–Crippen LogP) is 4.29. The molecule has 1 heterocycles. The number of ether oxygens (including phenoxy) is 2. The van der Waals surface area contributed by atoms with E-state index in [9.17, 15) is 14.0 Å². The highest BCUT2D eigenvalue weighted by atomic mass is 19.1. The summed E-state index contributed by atoms with van der Waals surface area (Å²) in [7, 11) is 0. The molecule has 0 saturated carbocycles. The van der Waals surface area contributed by atoms with Crippen LogP contribution < -0.4 is 5.32 Å². The Labute approximate surface area is 161 Å². The van der Waals surface area contributed by atoms with Crippen LogP contribution >= 0.6 is 0 Å². The Bertz CT molecular complexity index is 995. The summed E-state index contributed by atoms with van der Waals surface area (Å²) < 4.78 is 29.5. The van der Waals surface area contributed by atoms with E-state index in [1.54, 1.807) is 12.1 Å². The largest absolute Gasteiger partial charge is 0.450 e. The fourth-order valence-electron chi connectivity index (χ4n) is 2.62. The lowest BCUT2D eigenvalue weighted by Crippen LogP contribution is -2.21. The van der Waals surface area contributed by atoms with E-state index in [4.69, 9.17) is 13.9 Å². The minimum atomic E-state index is -0.770. The first-order valence-electron chi connectivity index (χ1n) is 8.78. The van der Waals surface area contributed by atoms with E-state index in [1.807, 2.05) is 26.0 Å². The Balaban J connectivity index is 1.70. The highest BCUT2D eigenvalue weighted by molar-refractivity contribution is 5.98. The summed E-state index contributed by atoms with van der Waals surface area (Å²) in [6, 6.07) is 12.6. The van der Waals surface area contributed by atoms with Crippen LogP contribution in [0.15, 0.2) is 52.9 Å². The lowest BCUT2D eigenvalue weighted by atomic mass is 10.1. The van der Waals surface area contributed by atoms with Crippen molar-refractivity contribution in [1.82, 2.24) is 0 Å². The average Bonchev–Trinajstić information content (AvgIpc) is 3.03. The molecule has 0 aliphatic heterocycles. The number of rotatable bonds is 7. The second kappa shape index (κ2) is 8.67. The van der Waals surface area contributed by atoms with Crippen molar-refractivity contribution in [2.45, 2.75) is 26.6 Å². The molecule has 1 aromatic heterocycles. The molecule has 1 amide bonds. The van der Waals surface area contributed by atoms with Crippen LogP contribution in [0.5, 0.6) is 0 Å². The van der Waals surface area contributed by atoms with Crippen LogP contribution in [0.1, 0.15) is 30.0 Å². The van der Waals surface area contributed by atoms with Crippen LogP contribution in [0.25, 0.3) is 11.0 Å². The van der Waals surface area contributed by atoms with Gasteiger partial charge in [0.1, 0.15) is 11.4 Å². The van der Waals surface area contributed by atoms with Crippen molar-refractivity contribution in [1.29, 1.82) is 0 Å². The van der Waals surface area contributed by atoms with Gasteiger partial charge in [0.2, 0.25) is 5.76 Å². The molecule has 6 nitrogen and oxygen atoms in total. The number of hydrogen-bond donors (Lipinski definition) is 1. The average molecular weight is 385 g/mol. The van der Waals surface area contributed by atoms with Gasteiger partial charge >= 0.3 is 5.97 Å².